The molecule has 1 aromatic carbocycles. The van der Waals surface area contributed by atoms with Gasteiger partial charge in [0.25, 0.3) is 0 Å². The molecule has 2 unspecified atom stereocenters. The number of nitrogens with one attached hydrogen (secondary N) is 1. The van der Waals surface area contributed by atoms with Gasteiger partial charge >= 0.3 is 0 Å². The molecule has 1 saturated heterocycles. The number of nitrogens with two attached hydrogens (primary N) is 2. The minimum Gasteiger partial charge on any atom is -0.397 e. The van der Waals surface area contributed by atoms with E-state index in [0.29, 0.717) is 35.9 Å². The van der Waals surface area contributed by atoms with Crippen LogP contribution in [0.1, 0.15) is 13.3 Å². The van der Waals surface area contributed by atoms with Crippen molar-refractivity contribution in [1.29, 1.82) is 0 Å². The normalized spacial score (nSPS) is 20.2. The minimum absolute atomic E-state index is 0.172. The Morgan fingerprint density at radius 1 is 1.48 bits per heavy atom. The van der Waals surface area contributed by atoms with E-state index >= 15 is 0 Å². The van der Waals surface area contributed by atoms with Crippen LogP contribution in [0.3, 0.4) is 0 Å². The number of hydrogen-bond acceptors (Lipinski definition) is 4. The highest BCUT2D eigenvalue weighted by molar-refractivity contribution is 6.31. The number of nitrogen functional groups attached to an aromatic ring is 1. The van der Waals surface area contributed by atoms with Crippen molar-refractivity contribution in [3.8, 4) is 0 Å². The predicted octanol–water partition coefficient (Wildman–Crippen LogP) is 1.06. The average molecular weight is 311 g/mol. The zero-order chi connectivity index (χ0) is 15.6. The summed E-state index contributed by atoms with van der Waals surface area (Å²) in [5.74, 6) is -0.665. The van der Waals surface area contributed by atoms with Crippen molar-refractivity contribution in [2.24, 2.45) is 11.7 Å². The quantitative estimate of drug-likeness (QED) is 0.724. The monoisotopic (exact) mass is 310 g/mol. The molecule has 21 heavy (non-hydrogen) atoms. The molecule has 6 nitrogen and oxygen atoms in total. The van der Waals surface area contributed by atoms with E-state index in [1.807, 2.05) is 4.90 Å². The van der Waals surface area contributed by atoms with Crippen LogP contribution in [-0.2, 0) is 9.59 Å². The van der Waals surface area contributed by atoms with E-state index in [-0.39, 0.29) is 23.8 Å². The molecule has 7 heteroatoms. The van der Waals surface area contributed by atoms with Crippen molar-refractivity contribution in [1.82, 2.24) is 4.90 Å². The summed E-state index contributed by atoms with van der Waals surface area (Å²) < 4.78 is 0. The summed E-state index contributed by atoms with van der Waals surface area (Å²) in [5, 5.41) is 3.29. The average Bonchev–Trinajstić information content (AvgIpc) is 2.90. The number of likely N-dealkylation sites (tertiary alicyclic amines) is 1. The number of carbonyl (C=O) groups is 2. The maximum absolute atomic E-state index is 12.3. The van der Waals surface area contributed by atoms with Crippen LogP contribution in [0, 0.1) is 5.92 Å². The van der Waals surface area contributed by atoms with Crippen molar-refractivity contribution in [2.45, 2.75) is 19.4 Å². The minimum atomic E-state index is -0.357. The molecule has 2 rings (SSSR count). The molecule has 1 fully saturated rings. The van der Waals surface area contributed by atoms with Crippen LogP contribution >= 0.6 is 11.6 Å². The van der Waals surface area contributed by atoms with Gasteiger partial charge in [-0.05, 0) is 38.1 Å². The van der Waals surface area contributed by atoms with Gasteiger partial charge in [-0.2, -0.15) is 0 Å². The Hall–Kier alpha value is -1.79. The fourth-order valence-corrected chi connectivity index (χ4v) is 2.60. The maximum atomic E-state index is 12.3. The van der Waals surface area contributed by atoms with Crippen LogP contribution in [0.25, 0.3) is 0 Å². The number of anilines is 2. The first kappa shape index (κ1) is 15.6. The van der Waals surface area contributed by atoms with Gasteiger partial charge in [-0.15, -0.1) is 0 Å². The highest BCUT2D eigenvalue weighted by Gasteiger charge is 2.32. The molecule has 0 bridgehead atoms. The molecule has 1 heterocycles. The van der Waals surface area contributed by atoms with Crippen molar-refractivity contribution in [2.75, 3.05) is 24.1 Å². The molecule has 2 amide bonds. The Balaban J connectivity index is 1.98. The highest BCUT2D eigenvalue weighted by atomic mass is 35.5. The number of amides is 2. The third-order valence-corrected chi connectivity index (χ3v) is 4.06. The molecule has 2 atom stereocenters. The second-order valence-electron chi connectivity index (χ2n) is 5.28. The first-order chi connectivity index (χ1) is 9.88. The topological polar surface area (TPSA) is 101 Å². The SMILES string of the molecule is CC(C(=O)Nc1ccc(Cl)cc1N)N1CCC(C(N)=O)C1. The van der Waals surface area contributed by atoms with E-state index in [2.05, 4.69) is 5.32 Å². The smallest absolute Gasteiger partial charge is 0.241 e. The molecule has 114 valence electrons. The molecule has 0 saturated carbocycles. The molecule has 0 radical (unpaired) electrons. The zero-order valence-electron chi connectivity index (χ0n) is 11.8. The standard InChI is InChI=1S/C14H19ClN4O2/c1-8(19-5-4-9(7-19)13(17)20)14(21)18-12-3-2-10(15)6-11(12)16/h2-3,6,8-9H,4-5,7,16H2,1H3,(H2,17,20)(H,18,21). The van der Waals surface area contributed by atoms with Gasteiger partial charge in [-0.3, -0.25) is 14.5 Å². The number of hydrogen-bond donors (Lipinski definition) is 3. The fourth-order valence-electron chi connectivity index (χ4n) is 2.42. The molecular weight excluding hydrogens is 292 g/mol. The lowest BCUT2D eigenvalue weighted by Gasteiger charge is -2.23. The van der Waals surface area contributed by atoms with Gasteiger partial charge in [0.05, 0.1) is 23.3 Å². The second kappa shape index (κ2) is 6.32. The number of nitrogens with zero attached hydrogens (tertiary/aromatic N) is 1. The van der Waals surface area contributed by atoms with Gasteiger partial charge in [0.2, 0.25) is 11.8 Å². The Labute approximate surface area is 128 Å². The third kappa shape index (κ3) is 3.65. The van der Waals surface area contributed by atoms with E-state index in [9.17, 15) is 9.59 Å². The predicted molar refractivity (Wildman–Crippen MR) is 82.8 cm³/mol. The lowest BCUT2D eigenvalue weighted by Crippen LogP contribution is -2.41. The van der Waals surface area contributed by atoms with Crippen LogP contribution < -0.4 is 16.8 Å². The lowest BCUT2D eigenvalue weighted by atomic mass is 10.1. The molecule has 1 aromatic rings. The van der Waals surface area contributed by atoms with E-state index in [1.54, 1.807) is 25.1 Å². The van der Waals surface area contributed by atoms with Crippen molar-refractivity contribution in [3.63, 3.8) is 0 Å². The second-order valence-corrected chi connectivity index (χ2v) is 5.72. The largest absolute Gasteiger partial charge is 0.397 e. The number of carbonyl (C=O) groups excluding carboxylic acids is 2. The van der Waals surface area contributed by atoms with Gasteiger partial charge in [0.15, 0.2) is 0 Å². The van der Waals surface area contributed by atoms with E-state index in [1.165, 1.54) is 0 Å². The number of halogens is 1. The van der Waals surface area contributed by atoms with Gasteiger partial charge in [0, 0.05) is 11.6 Å². The van der Waals surface area contributed by atoms with Gasteiger partial charge < -0.3 is 16.8 Å². The summed E-state index contributed by atoms with van der Waals surface area (Å²) >= 11 is 5.82. The first-order valence-electron chi connectivity index (χ1n) is 6.77. The van der Waals surface area contributed by atoms with Gasteiger partial charge in [0.1, 0.15) is 0 Å². The van der Waals surface area contributed by atoms with Crippen LogP contribution in [0.5, 0.6) is 0 Å². The Bertz CT molecular complexity index is 564. The maximum Gasteiger partial charge on any atom is 0.241 e. The molecule has 1 aliphatic heterocycles. The summed E-state index contributed by atoms with van der Waals surface area (Å²) in [6.45, 7) is 2.99. The molecule has 0 aromatic heterocycles. The van der Waals surface area contributed by atoms with Crippen LogP contribution in [0.2, 0.25) is 5.02 Å². The summed E-state index contributed by atoms with van der Waals surface area (Å²) in [6.07, 6.45) is 0.691. The first-order valence-corrected chi connectivity index (χ1v) is 7.15. The van der Waals surface area contributed by atoms with Gasteiger partial charge in [-0.1, -0.05) is 11.6 Å². The van der Waals surface area contributed by atoms with Gasteiger partial charge in [-0.25, -0.2) is 0 Å². The summed E-state index contributed by atoms with van der Waals surface area (Å²) in [5.41, 5.74) is 12.1. The Kier molecular flexibility index (Phi) is 4.69. The zero-order valence-corrected chi connectivity index (χ0v) is 12.6. The summed E-state index contributed by atoms with van der Waals surface area (Å²) in [6, 6.07) is 4.56. The van der Waals surface area contributed by atoms with E-state index < -0.39 is 0 Å². The molecule has 1 aliphatic rings. The highest BCUT2D eigenvalue weighted by Crippen LogP contribution is 2.24. The van der Waals surface area contributed by atoms with Crippen LogP contribution in [-0.4, -0.2) is 35.8 Å². The number of benzene rings is 1. The van der Waals surface area contributed by atoms with Crippen LogP contribution in [0.4, 0.5) is 11.4 Å². The van der Waals surface area contributed by atoms with Crippen molar-refractivity contribution in [3.05, 3.63) is 23.2 Å². The Morgan fingerprint density at radius 3 is 2.76 bits per heavy atom. The molecule has 0 spiro atoms. The van der Waals surface area contributed by atoms with Crippen molar-refractivity contribution < 1.29 is 9.59 Å². The summed E-state index contributed by atoms with van der Waals surface area (Å²) in [4.78, 5) is 25.4. The lowest BCUT2D eigenvalue weighted by molar-refractivity contribution is -0.123. The van der Waals surface area contributed by atoms with Crippen LogP contribution in [0.15, 0.2) is 18.2 Å². The number of primary amides is 1. The van der Waals surface area contributed by atoms with E-state index in [0.717, 1.165) is 0 Å². The van der Waals surface area contributed by atoms with Crippen molar-refractivity contribution >= 4 is 34.8 Å². The van der Waals surface area contributed by atoms with E-state index in [4.69, 9.17) is 23.1 Å². The fraction of sp³-hybridized carbons (Fsp3) is 0.429. The molecular formula is C14H19ClN4O2. The number of rotatable bonds is 4. The Morgan fingerprint density at radius 2 is 2.19 bits per heavy atom. The molecule has 5 N–H and O–H groups in total. The third-order valence-electron chi connectivity index (χ3n) is 3.82. The molecule has 0 aliphatic carbocycles. The summed E-state index contributed by atoms with van der Waals surface area (Å²) in [7, 11) is 0.